The quantitative estimate of drug-likeness (QED) is 0.836. The predicted molar refractivity (Wildman–Crippen MR) is 66.7 cm³/mol. The van der Waals surface area contributed by atoms with Crippen LogP contribution in [0.1, 0.15) is 49.3 Å². The van der Waals surface area contributed by atoms with Crippen molar-refractivity contribution in [2.75, 3.05) is 12.3 Å². The molecular weight excluding hydrogens is 216 g/mol. The van der Waals surface area contributed by atoms with Gasteiger partial charge in [-0.05, 0) is 26.2 Å². The number of hydrogen-bond donors (Lipinski definition) is 2. The Morgan fingerprint density at radius 1 is 1.65 bits per heavy atom. The molecule has 1 aliphatic rings. The molecule has 0 radical (unpaired) electrons. The summed E-state index contributed by atoms with van der Waals surface area (Å²) in [5.41, 5.74) is 7.75. The minimum absolute atomic E-state index is 0.0360. The first-order chi connectivity index (χ1) is 8.15. The smallest absolute Gasteiger partial charge is 0.276 e. The fourth-order valence-electron chi connectivity index (χ4n) is 2.36. The van der Waals surface area contributed by atoms with Gasteiger partial charge in [0.05, 0.1) is 11.4 Å². The van der Waals surface area contributed by atoms with Crippen LogP contribution < -0.4 is 5.73 Å². The van der Waals surface area contributed by atoms with Crippen molar-refractivity contribution >= 4 is 11.6 Å². The number of carbonyl (C=O) groups excluding carboxylic acids is 1. The molecule has 5 nitrogen and oxygen atoms in total. The molecular formula is C12H20N4O. The highest BCUT2D eigenvalue weighted by atomic mass is 16.2. The number of aryl methyl sites for hydroxylation is 1. The topological polar surface area (TPSA) is 75.0 Å². The number of likely N-dealkylation sites (tertiary alicyclic amines) is 1. The average molecular weight is 236 g/mol. The molecule has 94 valence electrons. The van der Waals surface area contributed by atoms with Crippen LogP contribution in [0.2, 0.25) is 0 Å². The molecule has 5 heteroatoms. The number of hydrogen-bond acceptors (Lipinski definition) is 3. The molecule has 1 atom stereocenters. The highest BCUT2D eigenvalue weighted by Crippen LogP contribution is 2.23. The van der Waals surface area contributed by atoms with E-state index in [-0.39, 0.29) is 5.91 Å². The standard InChI is InChI=1S/C12H20N4O/c1-3-5-9-10(13)11(15-14-9)12(17)16-7-4-6-8(16)2/h8H,3-7,13H2,1-2H3,(H,14,15). The zero-order chi connectivity index (χ0) is 12.4. The summed E-state index contributed by atoms with van der Waals surface area (Å²) in [6, 6.07) is 0.299. The molecule has 0 spiro atoms. The molecule has 2 rings (SSSR count). The van der Waals surface area contributed by atoms with Gasteiger partial charge in [0.2, 0.25) is 0 Å². The Kier molecular flexibility index (Phi) is 3.36. The Balaban J connectivity index is 2.19. The van der Waals surface area contributed by atoms with Crippen LogP contribution in [-0.2, 0) is 6.42 Å². The number of nitrogen functional groups attached to an aromatic ring is 1. The zero-order valence-corrected chi connectivity index (χ0v) is 10.5. The summed E-state index contributed by atoms with van der Waals surface area (Å²) in [6.07, 6.45) is 3.96. The second kappa shape index (κ2) is 4.77. The number of nitrogens with two attached hydrogens (primary N) is 1. The molecule has 0 aliphatic carbocycles. The molecule has 0 bridgehead atoms. The van der Waals surface area contributed by atoms with Gasteiger partial charge in [-0.25, -0.2) is 0 Å². The Labute approximate surface area is 101 Å². The van der Waals surface area contributed by atoms with Gasteiger partial charge in [-0.1, -0.05) is 13.3 Å². The number of carbonyl (C=O) groups is 1. The number of aromatic nitrogens is 2. The van der Waals surface area contributed by atoms with Crippen molar-refractivity contribution in [2.24, 2.45) is 0 Å². The van der Waals surface area contributed by atoms with E-state index in [4.69, 9.17) is 5.73 Å². The maximum atomic E-state index is 12.3. The molecule has 1 aliphatic heterocycles. The van der Waals surface area contributed by atoms with E-state index in [0.717, 1.165) is 37.9 Å². The second-order valence-corrected chi connectivity index (χ2v) is 4.70. The van der Waals surface area contributed by atoms with E-state index >= 15 is 0 Å². The van der Waals surface area contributed by atoms with E-state index in [1.165, 1.54) is 0 Å². The van der Waals surface area contributed by atoms with E-state index in [1.54, 1.807) is 0 Å². The summed E-state index contributed by atoms with van der Waals surface area (Å²) in [7, 11) is 0. The van der Waals surface area contributed by atoms with Gasteiger partial charge in [-0.3, -0.25) is 9.89 Å². The number of anilines is 1. The molecule has 0 aromatic carbocycles. The summed E-state index contributed by atoms with van der Waals surface area (Å²) >= 11 is 0. The lowest BCUT2D eigenvalue weighted by Crippen LogP contribution is -2.34. The minimum atomic E-state index is -0.0360. The van der Waals surface area contributed by atoms with Crippen molar-refractivity contribution in [2.45, 2.75) is 45.6 Å². The van der Waals surface area contributed by atoms with Gasteiger partial charge in [-0.2, -0.15) is 5.10 Å². The monoisotopic (exact) mass is 236 g/mol. The molecule has 1 aromatic rings. The van der Waals surface area contributed by atoms with E-state index in [1.807, 2.05) is 4.90 Å². The fraction of sp³-hybridized carbons (Fsp3) is 0.667. The third kappa shape index (κ3) is 2.14. The lowest BCUT2D eigenvalue weighted by Gasteiger charge is -2.20. The molecule has 0 saturated carbocycles. The van der Waals surface area contributed by atoms with Crippen LogP contribution in [-0.4, -0.2) is 33.6 Å². The van der Waals surface area contributed by atoms with Crippen molar-refractivity contribution < 1.29 is 4.79 Å². The molecule has 1 aromatic heterocycles. The maximum Gasteiger partial charge on any atom is 0.276 e. The summed E-state index contributed by atoms with van der Waals surface area (Å²) in [6.45, 7) is 4.96. The van der Waals surface area contributed by atoms with Gasteiger partial charge < -0.3 is 10.6 Å². The largest absolute Gasteiger partial charge is 0.395 e. The summed E-state index contributed by atoms with van der Waals surface area (Å²) < 4.78 is 0. The zero-order valence-electron chi connectivity index (χ0n) is 10.5. The van der Waals surface area contributed by atoms with Crippen LogP contribution in [0.5, 0.6) is 0 Å². The molecule has 17 heavy (non-hydrogen) atoms. The van der Waals surface area contributed by atoms with Gasteiger partial charge >= 0.3 is 0 Å². The predicted octanol–water partition coefficient (Wildman–Crippen LogP) is 1.57. The highest BCUT2D eigenvalue weighted by molar-refractivity contribution is 5.97. The van der Waals surface area contributed by atoms with Crippen molar-refractivity contribution in [3.05, 3.63) is 11.4 Å². The number of H-pyrrole nitrogens is 1. The van der Waals surface area contributed by atoms with Crippen molar-refractivity contribution in [1.82, 2.24) is 15.1 Å². The van der Waals surface area contributed by atoms with Gasteiger partial charge in [0, 0.05) is 12.6 Å². The third-order valence-corrected chi connectivity index (χ3v) is 3.40. The van der Waals surface area contributed by atoms with Gasteiger partial charge in [0.15, 0.2) is 5.69 Å². The van der Waals surface area contributed by atoms with Gasteiger partial charge in [-0.15, -0.1) is 0 Å². The Bertz CT molecular complexity index is 413. The molecule has 3 N–H and O–H groups in total. The van der Waals surface area contributed by atoms with Crippen LogP contribution in [0.3, 0.4) is 0 Å². The van der Waals surface area contributed by atoms with Crippen molar-refractivity contribution in [3.63, 3.8) is 0 Å². The molecule has 1 amide bonds. The molecule has 2 heterocycles. The maximum absolute atomic E-state index is 12.3. The normalized spacial score (nSPS) is 19.9. The number of amides is 1. The molecule has 1 fully saturated rings. The van der Waals surface area contributed by atoms with Crippen molar-refractivity contribution in [3.8, 4) is 0 Å². The minimum Gasteiger partial charge on any atom is -0.395 e. The van der Waals surface area contributed by atoms with Crippen molar-refractivity contribution in [1.29, 1.82) is 0 Å². The van der Waals surface area contributed by atoms with E-state index in [2.05, 4.69) is 24.0 Å². The highest BCUT2D eigenvalue weighted by Gasteiger charge is 2.29. The van der Waals surface area contributed by atoms with E-state index in [0.29, 0.717) is 17.4 Å². The first-order valence-electron chi connectivity index (χ1n) is 6.28. The summed E-state index contributed by atoms with van der Waals surface area (Å²) in [5.74, 6) is -0.0360. The van der Waals surface area contributed by atoms with Gasteiger partial charge in [0.1, 0.15) is 0 Å². The van der Waals surface area contributed by atoms with Crippen LogP contribution in [0.15, 0.2) is 0 Å². The average Bonchev–Trinajstić information content (AvgIpc) is 2.87. The van der Waals surface area contributed by atoms with E-state index in [9.17, 15) is 4.79 Å². The molecule has 1 saturated heterocycles. The number of nitrogens with zero attached hydrogens (tertiary/aromatic N) is 2. The lowest BCUT2D eigenvalue weighted by molar-refractivity contribution is 0.0742. The van der Waals surface area contributed by atoms with Crippen LogP contribution >= 0.6 is 0 Å². The fourth-order valence-corrected chi connectivity index (χ4v) is 2.36. The van der Waals surface area contributed by atoms with Gasteiger partial charge in [0.25, 0.3) is 5.91 Å². The summed E-state index contributed by atoms with van der Waals surface area (Å²) in [5, 5.41) is 6.94. The Morgan fingerprint density at radius 3 is 3.00 bits per heavy atom. The molecule has 1 unspecified atom stereocenters. The SMILES string of the molecule is CCCc1[nH]nc(C(=O)N2CCCC2C)c1N. The lowest BCUT2D eigenvalue weighted by atomic mass is 10.2. The van der Waals surface area contributed by atoms with Crippen LogP contribution in [0, 0.1) is 0 Å². The van der Waals surface area contributed by atoms with E-state index < -0.39 is 0 Å². The summed E-state index contributed by atoms with van der Waals surface area (Å²) in [4.78, 5) is 14.1. The van der Waals surface area contributed by atoms with Crippen LogP contribution in [0.25, 0.3) is 0 Å². The first kappa shape index (κ1) is 12.0. The second-order valence-electron chi connectivity index (χ2n) is 4.70. The number of aromatic amines is 1. The number of nitrogens with one attached hydrogen (secondary N) is 1. The Morgan fingerprint density at radius 2 is 2.41 bits per heavy atom. The third-order valence-electron chi connectivity index (χ3n) is 3.40. The number of rotatable bonds is 3. The Hall–Kier alpha value is -1.52. The van der Waals surface area contributed by atoms with Crippen LogP contribution in [0.4, 0.5) is 5.69 Å². The first-order valence-corrected chi connectivity index (χ1v) is 6.28.